The van der Waals surface area contributed by atoms with Crippen LogP contribution in [0, 0.1) is 0 Å². The Balaban J connectivity index is 2.18. The topological polar surface area (TPSA) is 137 Å². The van der Waals surface area contributed by atoms with E-state index in [4.69, 9.17) is 14.3 Å². The molecule has 0 N–H and O–H groups in total. The molecule has 0 radical (unpaired) electrons. The van der Waals surface area contributed by atoms with E-state index in [1.807, 2.05) is 17.5 Å². The number of hydroxylamine groups is 2. The minimum atomic E-state index is -4.15. The van der Waals surface area contributed by atoms with Crippen molar-refractivity contribution in [3.8, 4) is 0 Å². The smallest absolute Gasteiger partial charge is 0.442 e. The predicted octanol–water partition coefficient (Wildman–Crippen LogP) is 5.91. The van der Waals surface area contributed by atoms with Crippen LogP contribution < -0.4 is 0 Å². The van der Waals surface area contributed by atoms with E-state index in [1.165, 1.54) is 49.7 Å². The summed E-state index contributed by atoms with van der Waals surface area (Å²) in [6, 6.07) is 11.1. The van der Waals surface area contributed by atoms with E-state index < -0.39 is 60.9 Å². The van der Waals surface area contributed by atoms with Crippen molar-refractivity contribution in [3.05, 3.63) is 65.0 Å². The second-order valence-electron chi connectivity index (χ2n) is 12.1. The van der Waals surface area contributed by atoms with E-state index in [1.54, 1.807) is 53.7 Å². The summed E-state index contributed by atoms with van der Waals surface area (Å²) < 4.78 is 66.9. The normalized spacial score (nSPS) is 13.5. The van der Waals surface area contributed by atoms with E-state index in [0.29, 0.717) is 10.6 Å². The van der Waals surface area contributed by atoms with Crippen LogP contribution in [0.2, 0.25) is 0 Å². The molecule has 0 spiro atoms. The highest BCUT2D eigenvalue weighted by molar-refractivity contribution is 7.90. The molecule has 0 saturated heterocycles. The van der Waals surface area contributed by atoms with Crippen molar-refractivity contribution in [2.75, 3.05) is 19.8 Å². The molecule has 236 valence electrons. The van der Waals surface area contributed by atoms with Crippen LogP contribution in [-0.4, -0.2) is 69.5 Å². The lowest BCUT2D eigenvalue weighted by molar-refractivity contribution is -0.153. The largest absolute Gasteiger partial charge is 0.534 e. The number of carbonyl (C=O) groups excluding carboxylic acids is 2. The molecule has 14 heteroatoms. The van der Waals surface area contributed by atoms with Crippen LogP contribution in [0.25, 0.3) is 10.1 Å². The van der Waals surface area contributed by atoms with Crippen LogP contribution in [0.15, 0.2) is 58.8 Å². The monoisotopic (exact) mass is 654 g/mol. The predicted molar refractivity (Wildman–Crippen MR) is 165 cm³/mol. The molecule has 3 aromatic rings. The fourth-order valence-corrected chi connectivity index (χ4v) is 7.53. The third-order valence-corrected chi connectivity index (χ3v) is 10.2. The van der Waals surface area contributed by atoms with E-state index >= 15 is 0 Å². The Morgan fingerprint density at radius 2 is 1.51 bits per heavy atom. The van der Waals surface area contributed by atoms with E-state index in [0.717, 1.165) is 14.4 Å². The summed E-state index contributed by atoms with van der Waals surface area (Å²) in [5.41, 5.74) is -1.70. The van der Waals surface area contributed by atoms with Gasteiger partial charge in [0.05, 0.1) is 16.4 Å². The number of sulfonamides is 1. The molecule has 0 aliphatic carbocycles. The number of sulfone groups is 1. The van der Waals surface area contributed by atoms with Gasteiger partial charge in [-0.25, -0.2) is 30.7 Å². The summed E-state index contributed by atoms with van der Waals surface area (Å²) in [7, 11) is -5.60. The van der Waals surface area contributed by atoms with Crippen LogP contribution >= 0.6 is 11.3 Å². The Hall–Kier alpha value is -3.20. The number of benzene rings is 2. The summed E-state index contributed by atoms with van der Waals surface area (Å²) in [5.74, 6) is -1.23. The lowest BCUT2D eigenvalue weighted by Gasteiger charge is -2.33. The van der Waals surface area contributed by atoms with Gasteiger partial charge in [-0.2, -0.15) is 0 Å². The number of ether oxygens (including phenoxy) is 2. The molecule has 0 bridgehead atoms. The first-order chi connectivity index (χ1) is 19.7. The van der Waals surface area contributed by atoms with Crippen LogP contribution in [0.3, 0.4) is 0 Å². The van der Waals surface area contributed by atoms with Gasteiger partial charge in [-0.3, -0.25) is 4.84 Å². The Morgan fingerprint density at radius 3 is 2.12 bits per heavy atom. The average molecular weight is 655 g/mol. The lowest BCUT2D eigenvalue weighted by atomic mass is 10.1. The highest BCUT2D eigenvalue weighted by Gasteiger charge is 2.40. The van der Waals surface area contributed by atoms with Crippen molar-refractivity contribution in [1.29, 1.82) is 0 Å². The van der Waals surface area contributed by atoms with Gasteiger partial charge in [0.1, 0.15) is 17.2 Å². The average Bonchev–Trinajstić information content (AvgIpc) is 3.31. The molecule has 1 aromatic heterocycles. The molecule has 0 aliphatic rings. The summed E-state index contributed by atoms with van der Waals surface area (Å²) in [6.45, 7) is 9.47. The molecule has 1 atom stereocenters. The summed E-state index contributed by atoms with van der Waals surface area (Å²) in [5, 5.41) is 3.22. The zero-order chi connectivity index (χ0) is 32.4. The third-order valence-electron chi connectivity index (χ3n) is 5.77. The number of fused-ring (bicyclic) bond motifs is 1. The quantitative estimate of drug-likeness (QED) is 0.214. The van der Waals surface area contributed by atoms with Crippen molar-refractivity contribution in [3.63, 3.8) is 0 Å². The number of hydrogen-bond acceptors (Lipinski definition) is 10. The lowest BCUT2D eigenvalue weighted by Crippen LogP contribution is -2.44. The van der Waals surface area contributed by atoms with Crippen molar-refractivity contribution in [2.24, 2.45) is 0 Å². The number of carbonyl (C=O) groups is 2. The molecule has 11 nitrogen and oxygen atoms in total. The van der Waals surface area contributed by atoms with Crippen molar-refractivity contribution < 1.29 is 40.7 Å². The number of hydrogen-bond donors (Lipinski definition) is 0. The van der Waals surface area contributed by atoms with Crippen LogP contribution in [0.5, 0.6) is 0 Å². The molecular weight excluding hydrogens is 617 g/mol. The minimum Gasteiger partial charge on any atom is -0.442 e. The van der Waals surface area contributed by atoms with Crippen molar-refractivity contribution in [2.45, 2.75) is 69.4 Å². The maximum atomic E-state index is 13.8. The van der Waals surface area contributed by atoms with Gasteiger partial charge >= 0.3 is 12.2 Å². The number of rotatable bonds is 8. The third kappa shape index (κ3) is 9.39. The van der Waals surface area contributed by atoms with Crippen LogP contribution in [0.4, 0.5) is 9.59 Å². The number of nitrogens with zero attached hydrogens (tertiary/aromatic N) is 2. The maximum absolute atomic E-state index is 13.8. The summed E-state index contributed by atoms with van der Waals surface area (Å²) >= 11 is 1.52. The standard InChI is InChI=1S/C29H38N2O9S3/c1-28(2,3)38-26(32)31(40-27(33)39-29(4,5)6)23(22-11-9-10-12-25(22)43(36,37)30(7)8)19-42(34,35)18-20-13-14-24-21(17-20)15-16-41-24/h9-17,23H,18-19H2,1-8H3. The van der Waals surface area contributed by atoms with Gasteiger partial charge in [0.2, 0.25) is 10.0 Å². The Morgan fingerprint density at radius 1 is 0.884 bits per heavy atom. The molecule has 0 saturated carbocycles. The number of thiophene rings is 1. The molecule has 0 aliphatic heterocycles. The zero-order valence-corrected chi connectivity index (χ0v) is 27.9. The highest BCUT2D eigenvalue weighted by Crippen LogP contribution is 2.33. The minimum absolute atomic E-state index is 0.0949. The first-order valence-electron chi connectivity index (χ1n) is 13.3. The maximum Gasteiger partial charge on any atom is 0.534 e. The van der Waals surface area contributed by atoms with E-state index in [-0.39, 0.29) is 10.5 Å². The summed E-state index contributed by atoms with van der Waals surface area (Å²) in [6.07, 6.45) is -2.52. The SMILES string of the molecule is CN(C)S(=O)(=O)c1ccccc1C(CS(=O)(=O)Cc1ccc2sccc2c1)N(OC(=O)OC(C)(C)C)C(=O)OC(C)(C)C. The van der Waals surface area contributed by atoms with Gasteiger partial charge in [0.15, 0.2) is 9.84 Å². The Kier molecular flexibility index (Phi) is 10.2. The van der Waals surface area contributed by atoms with Crippen molar-refractivity contribution in [1.82, 2.24) is 9.37 Å². The fourth-order valence-electron chi connectivity index (χ4n) is 4.01. The van der Waals surface area contributed by atoms with Gasteiger partial charge in [-0.15, -0.1) is 16.4 Å². The van der Waals surface area contributed by atoms with Gasteiger partial charge in [-0.05, 0) is 87.7 Å². The molecule has 43 heavy (non-hydrogen) atoms. The van der Waals surface area contributed by atoms with Crippen LogP contribution in [-0.2, 0) is 39.9 Å². The van der Waals surface area contributed by atoms with Gasteiger partial charge in [0.25, 0.3) is 0 Å². The Bertz CT molecular complexity index is 1680. The molecule has 2 aromatic carbocycles. The van der Waals surface area contributed by atoms with Gasteiger partial charge in [0, 0.05) is 18.8 Å². The van der Waals surface area contributed by atoms with E-state index in [2.05, 4.69) is 0 Å². The molecule has 3 rings (SSSR count). The molecule has 1 amide bonds. The molecule has 1 heterocycles. The Labute approximate surface area is 257 Å². The molecular formula is C29H38N2O9S3. The van der Waals surface area contributed by atoms with Gasteiger partial charge in [-0.1, -0.05) is 24.3 Å². The fraction of sp³-hybridized carbons (Fsp3) is 0.448. The zero-order valence-electron chi connectivity index (χ0n) is 25.5. The van der Waals surface area contributed by atoms with E-state index in [9.17, 15) is 26.4 Å². The highest BCUT2D eigenvalue weighted by atomic mass is 32.2. The van der Waals surface area contributed by atoms with Crippen LogP contribution in [0.1, 0.15) is 58.7 Å². The van der Waals surface area contributed by atoms with Crippen molar-refractivity contribution >= 4 is 53.5 Å². The van der Waals surface area contributed by atoms with Gasteiger partial charge < -0.3 is 9.47 Å². The molecule has 1 unspecified atom stereocenters. The first kappa shape index (κ1) is 34.3. The second kappa shape index (κ2) is 12.8. The summed E-state index contributed by atoms with van der Waals surface area (Å²) in [4.78, 5) is 31.5. The first-order valence-corrected chi connectivity index (χ1v) is 17.4. The molecule has 0 fully saturated rings. The number of amides is 1. The second-order valence-corrected chi connectivity index (χ2v) is 17.2.